The molecule has 0 bridgehead atoms. The van der Waals surface area contributed by atoms with Gasteiger partial charge in [0.1, 0.15) is 0 Å². The molecule has 2 aromatic carbocycles. The van der Waals surface area contributed by atoms with Crippen LogP contribution in [0.1, 0.15) is 11.1 Å². The third-order valence-corrected chi connectivity index (χ3v) is 3.06. The molecule has 0 amide bonds. The SMILES string of the molecule is [Si]c1ccccc1C#Cc1ccccc1[Si]. The van der Waals surface area contributed by atoms with E-state index in [1.54, 1.807) is 0 Å². The van der Waals surface area contributed by atoms with Crippen LogP contribution in [0.15, 0.2) is 48.5 Å². The van der Waals surface area contributed by atoms with Crippen LogP contribution in [0.4, 0.5) is 0 Å². The minimum atomic E-state index is 0.995. The van der Waals surface area contributed by atoms with Crippen molar-refractivity contribution in [2.45, 2.75) is 0 Å². The van der Waals surface area contributed by atoms with Crippen molar-refractivity contribution in [1.82, 2.24) is 0 Å². The third-order valence-electron chi connectivity index (χ3n) is 2.19. The molecule has 0 heterocycles. The molecule has 2 rings (SSSR count). The summed E-state index contributed by atoms with van der Waals surface area (Å²) in [6, 6.07) is 15.9. The standard InChI is InChI=1S/C14H8Si2/c15-13-7-3-1-5-11(13)9-10-12-6-2-4-8-14(12)16/h1-8H. The molecule has 0 aliphatic rings. The molecule has 0 saturated carbocycles. The molecule has 0 unspecified atom stereocenters. The monoisotopic (exact) mass is 232 g/mol. The highest BCUT2D eigenvalue weighted by Crippen LogP contribution is 1.95. The Labute approximate surface area is 103 Å². The average Bonchev–Trinajstić information content (AvgIpc) is 2.30. The molecule has 0 saturated heterocycles. The van der Waals surface area contributed by atoms with Gasteiger partial charge in [0, 0.05) is 11.1 Å². The molecule has 0 aliphatic heterocycles. The maximum Gasteiger partial charge on any atom is 0.0729 e. The average molecular weight is 232 g/mol. The van der Waals surface area contributed by atoms with E-state index in [9.17, 15) is 0 Å². The fourth-order valence-corrected chi connectivity index (χ4v) is 1.80. The molecule has 0 N–H and O–H groups in total. The molecule has 2 heteroatoms. The van der Waals surface area contributed by atoms with Crippen molar-refractivity contribution in [3.63, 3.8) is 0 Å². The molecule has 72 valence electrons. The van der Waals surface area contributed by atoms with E-state index < -0.39 is 0 Å². The van der Waals surface area contributed by atoms with Crippen LogP contribution in [-0.2, 0) is 0 Å². The van der Waals surface area contributed by atoms with Crippen molar-refractivity contribution < 1.29 is 0 Å². The van der Waals surface area contributed by atoms with E-state index >= 15 is 0 Å². The van der Waals surface area contributed by atoms with Crippen LogP contribution in [0.25, 0.3) is 0 Å². The Morgan fingerprint density at radius 2 is 1.00 bits per heavy atom. The second-order valence-electron chi connectivity index (χ2n) is 3.34. The van der Waals surface area contributed by atoms with Gasteiger partial charge in [0.2, 0.25) is 0 Å². The normalized spacial score (nSPS) is 9.38. The zero-order valence-electron chi connectivity index (χ0n) is 8.62. The van der Waals surface area contributed by atoms with Gasteiger partial charge >= 0.3 is 0 Å². The van der Waals surface area contributed by atoms with Gasteiger partial charge in [-0.25, -0.2) is 0 Å². The second-order valence-corrected chi connectivity index (χ2v) is 4.42. The van der Waals surface area contributed by atoms with E-state index in [1.165, 1.54) is 0 Å². The van der Waals surface area contributed by atoms with Crippen LogP contribution in [0.3, 0.4) is 0 Å². The molecule has 0 atom stereocenters. The fraction of sp³-hybridized carbons (Fsp3) is 0. The topological polar surface area (TPSA) is 0 Å². The molecular formula is C14H8Si2. The smallest absolute Gasteiger partial charge is 0.0626 e. The highest BCUT2D eigenvalue weighted by atomic mass is 28.1. The Bertz CT molecular complexity index is 513. The summed E-state index contributed by atoms with van der Waals surface area (Å²) in [6.45, 7) is 0. The highest BCUT2D eigenvalue weighted by molar-refractivity contribution is 6.34. The molecule has 6 radical (unpaired) electrons. The summed E-state index contributed by atoms with van der Waals surface area (Å²) in [4.78, 5) is 0. The number of hydrogen-bond donors (Lipinski definition) is 0. The second kappa shape index (κ2) is 4.97. The van der Waals surface area contributed by atoms with Gasteiger partial charge in [-0.3, -0.25) is 0 Å². The fourth-order valence-electron chi connectivity index (χ4n) is 1.32. The first-order valence-electron chi connectivity index (χ1n) is 4.90. The lowest BCUT2D eigenvalue weighted by Crippen LogP contribution is -2.08. The highest BCUT2D eigenvalue weighted by Gasteiger charge is 1.93. The van der Waals surface area contributed by atoms with Gasteiger partial charge in [-0.2, -0.15) is 0 Å². The van der Waals surface area contributed by atoms with Crippen LogP contribution in [-0.4, -0.2) is 20.5 Å². The first-order valence-corrected chi connectivity index (χ1v) is 5.90. The maximum atomic E-state index is 3.53. The van der Waals surface area contributed by atoms with Crippen molar-refractivity contribution in [2.24, 2.45) is 0 Å². The van der Waals surface area contributed by atoms with Gasteiger partial charge < -0.3 is 0 Å². The molecule has 2 aromatic rings. The number of benzene rings is 2. The van der Waals surface area contributed by atoms with Gasteiger partial charge in [-0.05, 0) is 12.1 Å². The van der Waals surface area contributed by atoms with Crippen LogP contribution in [0.5, 0.6) is 0 Å². The minimum Gasteiger partial charge on any atom is -0.0626 e. The van der Waals surface area contributed by atoms with Crippen LogP contribution in [0.2, 0.25) is 0 Å². The van der Waals surface area contributed by atoms with Crippen molar-refractivity contribution >= 4 is 30.9 Å². The van der Waals surface area contributed by atoms with Gasteiger partial charge in [-0.1, -0.05) is 58.6 Å². The number of hydrogen-bond acceptors (Lipinski definition) is 0. The summed E-state index contributed by atoms with van der Waals surface area (Å²) >= 11 is 0. The van der Waals surface area contributed by atoms with Crippen molar-refractivity contribution in [3.8, 4) is 11.8 Å². The summed E-state index contributed by atoms with van der Waals surface area (Å²) < 4.78 is 0. The predicted molar refractivity (Wildman–Crippen MR) is 69.6 cm³/mol. The Morgan fingerprint density at radius 3 is 1.38 bits per heavy atom. The maximum absolute atomic E-state index is 3.53. The minimum absolute atomic E-state index is 0.995. The Hall–Kier alpha value is -1.57. The lowest BCUT2D eigenvalue weighted by molar-refractivity contribution is 1.68. The zero-order valence-corrected chi connectivity index (χ0v) is 10.6. The third kappa shape index (κ3) is 2.51. The summed E-state index contributed by atoms with van der Waals surface area (Å²) in [5, 5.41) is 2.03. The Morgan fingerprint density at radius 1 is 0.625 bits per heavy atom. The van der Waals surface area contributed by atoms with Crippen molar-refractivity contribution in [3.05, 3.63) is 59.7 Å². The van der Waals surface area contributed by atoms with Gasteiger partial charge in [0.15, 0.2) is 0 Å². The summed E-state index contributed by atoms with van der Waals surface area (Å²) in [7, 11) is 7.05. The molecule has 16 heavy (non-hydrogen) atoms. The van der Waals surface area contributed by atoms with Crippen LogP contribution < -0.4 is 10.4 Å². The van der Waals surface area contributed by atoms with E-state index in [0.717, 1.165) is 21.5 Å². The van der Waals surface area contributed by atoms with Gasteiger partial charge in [0.25, 0.3) is 0 Å². The van der Waals surface area contributed by atoms with Crippen molar-refractivity contribution in [1.29, 1.82) is 0 Å². The van der Waals surface area contributed by atoms with E-state index in [4.69, 9.17) is 0 Å². The lowest BCUT2D eigenvalue weighted by atomic mass is 10.2. The van der Waals surface area contributed by atoms with E-state index in [0.29, 0.717) is 0 Å². The molecule has 0 nitrogen and oxygen atoms in total. The van der Waals surface area contributed by atoms with E-state index in [1.807, 2.05) is 48.5 Å². The quantitative estimate of drug-likeness (QED) is 0.463. The molecule has 0 aliphatic carbocycles. The molecule has 0 fully saturated rings. The van der Waals surface area contributed by atoms with E-state index in [2.05, 4.69) is 32.3 Å². The first-order chi connectivity index (χ1) is 7.77. The molecule has 0 aromatic heterocycles. The summed E-state index contributed by atoms with van der Waals surface area (Å²) in [5.74, 6) is 6.28. The van der Waals surface area contributed by atoms with Crippen LogP contribution >= 0.6 is 0 Å². The molecule has 0 spiro atoms. The first kappa shape index (κ1) is 10.9. The predicted octanol–water partition coefficient (Wildman–Crippen LogP) is 0.674. The molecular weight excluding hydrogens is 224 g/mol. The Kier molecular flexibility index (Phi) is 3.40. The van der Waals surface area contributed by atoms with E-state index in [-0.39, 0.29) is 0 Å². The largest absolute Gasteiger partial charge is 0.0729 e. The summed E-state index contributed by atoms with van der Waals surface area (Å²) in [5.41, 5.74) is 1.99. The lowest BCUT2D eigenvalue weighted by Gasteiger charge is -1.97. The summed E-state index contributed by atoms with van der Waals surface area (Å²) in [6.07, 6.45) is 0. The van der Waals surface area contributed by atoms with Gasteiger partial charge in [-0.15, -0.1) is 0 Å². The van der Waals surface area contributed by atoms with Crippen molar-refractivity contribution in [2.75, 3.05) is 0 Å². The number of rotatable bonds is 0. The van der Waals surface area contributed by atoms with Gasteiger partial charge in [0.05, 0.1) is 20.5 Å². The zero-order chi connectivity index (χ0) is 11.4. The van der Waals surface area contributed by atoms with Crippen LogP contribution in [0, 0.1) is 11.8 Å². The Balaban J connectivity index is 2.36.